The van der Waals surface area contributed by atoms with Crippen molar-refractivity contribution in [1.29, 1.82) is 0 Å². The molecular formula is C18H18ClNO3S. The van der Waals surface area contributed by atoms with Crippen molar-refractivity contribution in [3.8, 4) is 0 Å². The van der Waals surface area contributed by atoms with Gasteiger partial charge in [-0.2, -0.15) is 0 Å². The Bertz CT molecular complexity index is 701. The molecule has 0 bridgehead atoms. The highest BCUT2D eigenvalue weighted by Gasteiger charge is 2.16. The molecule has 0 aromatic heterocycles. The SMILES string of the molecule is COC(=O)[C@@H](C)NC(=O)c1ccc(CSc2ccc(Cl)cc2)cc1. The highest BCUT2D eigenvalue weighted by molar-refractivity contribution is 7.98. The minimum atomic E-state index is -0.678. The Morgan fingerprint density at radius 1 is 1.12 bits per heavy atom. The van der Waals surface area contributed by atoms with Gasteiger partial charge in [0.15, 0.2) is 0 Å². The first-order valence-electron chi connectivity index (χ1n) is 7.35. The summed E-state index contributed by atoms with van der Waals surface area (Å²) in [6, 6.07) is 14.3. The van der Waals surface area contributed by atoms with Crippen molar-refractivity contribution in [3.05, 3.63) is 64.7 Å². The van der Waals surface area contributed by atoms with Gasteiger partial charge in [0.05, 0.1) is 7.11 Å². The Hall–Kier alpha value is -1.98. The molecule has 0 aliphatic heterocycles. The predicted octanol–water partition coefficient (Wildman–Crippen LogP) is 3.92. The first kappa shape index (κ1) is 18.4. The lowest BCUT2D eigenvalue weighted by Gasteiger charge is -2.11. The van der Waals surface area contributed by atoms with E-state index >= 15 is 0 Å². The summed E-state index contributed by atoms with van der Waals surface area (Å²) in [6.07, 6.45) is 0. The van der Waals surface area contributed by atoms with Crippen molar-refractivity contribution in [2.75, 3.05) is 7.11 Å². The van der Waals surface area contributed by atoms with Gasteiger partial charge in [0.1, 0.15) is 6.04 Å². The fourth-order valence-corrected chi connectivity index (χ4v) is 2.95. The second kappa shape index (κ2) is 8.76. The van der Waals surface area contributed by atoms with Crippen molar-refractivity contribution in [2.45, 2.75) is 23.6 Å². The minimum absolute atomic E-state index is 0.301. The van der Waals surface area contributed by atoms with Crippen LogP contribution in [-0.4, -0.2) is 25.0 Å². The second-order valence-electron chi connectivity index (χ2n) is 5.16. The number of hydrogen-bond acceptors (Lipinski definition) is 4. The zero-order valence-electron chi connectivity index (χ0n) is 13.4. The molecule has 0 fully saturated rings. The summed E-state index contributed by atoms with van der Waals surface area (Å²) in [6.45, 7) is 1.58. The number of methoxy groups -OCH3 is 1. The summed E-state index contributed by atoms with van der Waals surface area (Å²) in [5.74, 6) is 0.0198. The number of benzene rings is 2. The van der Waals surface area contributed by atoms with Crippen LogP contribution in [0.1, 0.15) is 22.8 Å². The molecule has 126 valence electrons. The second-order valence-corrected chi connectivity index (χ2v) is 6.64. The molecule has 1 atom stereocenters. The lowest BCUT2D eigenvalue weighted by molar-refractivity contribution is -0.142. The summed E-state index contributed by atoms with van der Waals surface area (Å²) in [4.78, 5) is 24.5. The Morgan fingerprint density at radius 2 is 1.75 bits per heavy atom. The smallest absolute Gasteiger partial charge is 0.328 e. The van der Waals surface area contributed by atoms with E-state index in [4.69, 9.17) is 11.6 Å². The number of carbonyl (C=O) groups is 2. The number of esters is 1. The fraction of sp³-hybridized carbons (Fsp3) is 0.222. The monoisotopic (exact) mass is 363 g/mol. The number of hydrogen-bond donors (Lipinski definition) is 1. The number of halogens is 1. The van der Waals surface area contributed by atoms with Crippen LogP contribution in [0.15, 0.2) is 53.4 Å². The van der Waals surface area contributed by atoms with Crippen molar-refractivity contribution in [3.63, 3.8) is 0 Å². The summed E-state index contributed by atoms with van der Waals surface area (Å²) < 4.78 is 4.58. The molecule has 1 amide bonds. The molecule has 0 radical (unpaired) electrons. The van der Waals surface area contributed by atoms with Gasteiger partial charge in [0, 0.05) is 21.2 Å². The molecule has 2 rings (SSSR count). The van der Waals surface area contributed by atoms with Crippen molar-refractivity contribution in [1.82, 2.24) is 5.32 Å². The average Bonchev–Trinajstić information content (AvgIpc) is 2.60. The van der Waals surface area contributed by atoms with E-state index in [0.29, 0.717) is 5.56 Å². The zero-order valence-corrected chi connectivity index (χ0v) is 15.0. The first-order valence-corrected chi connectivity index (χ1v) is 8.72. The van der Waals surface area contributed by atoms with E-state index in [1.54, 1.807) is 30.8 Å². The van der Waals surface area contributed by atoms with E-state index in [1.165, 1.54) is 7.11 Å². The van der Waals surface area contributed by atoms with Crippen LogP contribution >= 0.6 is 23.4 Å². The minimum Gasteiger partial charge on any atom is -0.467 e. The topological polar surface area (TPSA) is 55.4 Å². The van der Waals surface area contributed by atoms with E-state index in [-0.39, 0.29) is 5.91 Å². The van der Waals surface area contributed by atoms with Crippen LogP contribution in [0.4, 0.5) is 0 Å². The summed E-state index contributed by atoms with van der Waals surface area (Å²) in [5.41, 5.74) is 1.61. The largest absolute Gasteiger partial charge is 0.467 e. The lowest BCUT2D eigenvalue weighted by Crippen LogP contribution is -2.39. The standard InChI is InChI=1S/C18H18ClNO3S/c1-12(18(22)23-2)20-17(21)14-5-3-13(4-6-14)11-24-16-9-7-15(19)8-10-16/h3-10,12H,11H2,1-2H3,(H,20,21)/t12-/m1/s1. The molecular weight excluding hydrogens is 346 g/mol. The molecule has 0 saturated carbocycles. The van der Waals surface area contributed by atoms with Gasteiger partial charge in [-0.15, -0.1) is 11.8 Å². The van der Waals surface area contributed by atoms with E-state index < -0.39 is 12.0 Å². The molecule has 6 heteroatoms. The summed E-state index contributed by atoms with van der Waals surface area (Å²) >= 11 is 7.56. The number of nitrogens with one attached hydrogen (secondary N) is 1. The Balaban J connectivity index is 1.91. The third-order valence-electron chi connectivity index (χ3n) is 3.34. The first-order chi connectivity index (χ1) is 11.5. The summed E-state index contributed by atoms with van der Waals surface area (Å²) in [5, 5.41) is 3.32. The van der Waals surface area contributed by atoms with Gasteiger partial charge >= 0.3 is 5.97 Å². The summed E-state index contributed by atoms with van der Waals surface area (Å²) in [7, 11) is 1.29. The number of thioether (sulfide) groups is 1. The third kappa shape index (κ3) is 5.28. The van der Waals surface area contributed by atoms with E-state index in [1.807, 2.05) is 36.4 Å². The molecule has 0 aliphatic rings. The van der Waals surface area contributed by atoms with Crippen LogP contribution < -0.4 is 5.32 Å². The van der Waals surface area contributed by atoms with Crippen LogP contribution in [0.5, 0.6) is 0 Å². The van der Waals surface area contributed by atoms with E-state index in [2.05, 4.69) is 10.1 Å². The number of rotatable bonds is 6. The maximum atomic E-state index is 12.1. The molecule has 2 aromatic rings. The van der Waals surface area contributed by atoms with Crippen LogP contribution in [0, 0.1) is 0 Å². The fourth-order valence-electron chi connectivity index (χ4n) is 1.97. The molecule has 0 spiro atoms. The molecule has 24 heavy (non-hydrogen) atoms. The highest BCUT2D eigenvalue weighted by atomic mass is 35.5. The van der Waals surface area contributed by atoms with Crippen molar-refractivity contribution < 1.29 is 14.3 Å². The maximum absolute atomic E-state index is 12.1. The van der Waals surface area contributed by atoms with Crippen LogP contribution in [0.25, 0.3) is 0 Å². The van der Waals surface area contributed by atoms with Gasteiger partial charge in [0.2, 0.25) is 0 Å². The molecule has 0 heterocycles. The van der Waals surface area contributed by atoms with Gasteiger partial charge in [-0.1, -0.05) is 23.7 Å². The van der Waals surface area contributed by atoms with Gasteiger partial charge < -0.3 is 10.1 Å². The third-order valence-corrected chi connectivity index (χ3v) is 4.67. The normalized spacial score (nSPS) is 11.6. The number of ether oxygens (including phenoxy) is 1. The molecule has 4 nitrogen and oxygen atoms in total. The lowest BCUT2D eigenvalue weighted by atomic mass is 10.1. The molecule has 2 aromatic carbocycles. The quantitative estimate of drug-likeness (QED) is 0.624. The maximum Gasteiger partial charge on any atom is 0.328 e. The molecule has 0 saturated heterocycles. The Morgan fingerprint density at radius 3 is 2.33 bits per heavy atom. The van der Waals surface area contributed by atoms with Crippen LogP contribution in [0.3, 0.4) is 0 Å². The average molecular weight is 364 g/mol. The Kier molecular flexibility index (Phi) is 6.70. The van der Waals surface area contributed by atoms with Crippen LogP contribution in [0.2, 0.25) is 5.02 Å². The number of amides is 1. The molecule has 0 unspecified atom stereocenters. The molecule has 0 aliphatic carbocycles. The zero-order chi connectivity index (χ0) is 17.5. The van der Waals surface area contributed by atoms with Crippen molar-refractivity contribution in [2.24, 2.45) is 0 Å². The number of carbonyl (C=O) groups excluding carboxylic acids is 2. The van der Waals surface area contributed by atoms with Gasteiger partial charge in [0.25, 0.3) is 5.91 Å². The van der Waals surface area contributed by atoms with Gasteiger partial charge in [-0.05, 0) is 48.9 Å². The predicted molar refractivity (Wildman–Crippen MR) is 96.4 cm³/mol. The highest BCUT2D eigenvalue weighted by Crippen LogP contribution is 2.24. The van der Waals surface area contributed by atoms with Gasteiger partial charge in [-0.25, -0.2) is 4.79 Å². The van der Waals surface area contributed by atoms with E-state index in [0.717, 1.165) is 21.2 Å². The van der Waals surface area contributed by atoms with Gasteiger partial charge in [-0.3, -0.25) is 4.79 Å². The molecule has 1 N–H and O–H groups in total. The Labute approximate surface area is 150 Å². The van der Waals surface area contributed by atoms with E-state index in [9.17, 15) is 9.59 Å². The van der Waals surface area contributed by atoms with Crippen LogP contribution in [-0.2, 0) is 15.3 Å². The van der Waals surface area contributed by atoms with Crippen molar-refractivity contribution >= 4 is 35.2 Å².